The Kier molecular flexibility index (Phi) is 25.9. The lowest BCUT2D eigenvalue weighted by molar-refractivity contribution is -0.138. The van der Waals surface area contributed by atoms with Crippen LogP contribution >= 0.6 is 0 Å². The summed E-state index contributed by atoms with van der Waals surface area (Å²) in [6.07, 6.45) is -1.39. The van der Waals surface area contributed by atoms with Gasteiger partial charge in [-0.3, -0.25) is 52.7 Å². The quantitative estimate of drug-likeness (QED) is 0.0351. The number of benzene rings is 1. The van der Waals surface area contributed by atoms with Gasteiger partial charge in [0.05, 0.1) is 25.4 Å². The average Bonchev–Trinajstić information content (AvgIpc) is 3.83. The third kappa shape index (κ3) is 22.2. The van der Waals surface area contributed by atoms with Crippen molar-refractivity contribution in [3.05, 3.63) is 54.0 Å². The van der Waals surface area contributed by atoms with Crippen LogP contribution in [-0.2, 0) is 65.6 Å². The van der Waals surface area contributed by atoms with Crippen molar-refractivity contribution in [1.29, 1.82) is 0 Å². The number of carbonyl (C=O) groups is 11. The second-order valence-corrected chi connectivity index (χ2v) is 19.4. The van der Waals surface area contributed by atoms with Crippen molar-refractivity contribution in [3.63, 3.8) is 0 Å². The van der Waals surface area contributed by atoms with Gasteiger partial charge < -0.3 is 79.1 Å². The van der Waals surface area contributed by atoms with Crippen LogP contribution in [0.1, 0.15) is 92.9 Å². The highest BCUT2D eigenvalue weighted by Gasteiger charge is 2.37. The molecule has 10 atom stereocenters. The highest BCUT2D eigenvalue weighted by molar-refractivity contribution is 5.99. The van der Waals surface area contributed by atoms with Gasteiger partial charge in [0.15, 0.2) is 0 Å². The summed E-state index contributed by atoms with van der Waals surface area (Å²) in [4.78, 5) is 146. The topological polar surface area (TPSA) is 422 Å². The standard InChI is InChI=1S/C49H75N11O15/c1-23(2)17-32(41(51)66)54-45(70)35(20-31-11-10-16-75-31)55-42(67)26(7)52-48(73)39(25(5)6)59-49(74)40(27(8)62)60-46(71)36(21-38(50)65)58-44(69)34(19-29-12-14-30(64)15-13-29)57-43(68)33(18-24(3)4)56-47(72)37(22-61)53-28(9)63/h10-16,23-27,32-37,39-40,61-62,64H,17-22H2,1-9H3,(H2,50,65)(H2,51,66)(H,52,73)(H,53,63)(H,54,70)(H,55,67)(H,56,72)(H,57,68)(H,58,69)(H,59,74)(H,60,71)/t26-,27+,32-,33-,34-,35-,36-,37-,39-,40-/m0/s1. The van der Waals surface area contributed by atoms with E-state index in [0.717, 1.165) is 13.8 Å². The van der Waals surface area contributed by atoms with E-state index in [2.05, 4.69) is 47.9 Å². The Bertz CT molecular complexity index is 2290. The van der Waals surface area contributed by atoms with Gasteiger partial charge in [0.1, 0.15) is 65.9 Å². The average molecular weight is 1060 g/mol. The molecule has 26 nitrogen and oxygen atoms in total. The van der Waals surface area contributed by atoms with Crippen molar-refractivity contribution in [2.75, 3.05) is 6.61 Å². The smallest absolute Gasteiger partial charge is 0.245 e. The number of aromatic hydroxyl groups is 1. The molecule has 16 N–H and O–H groups in total. The summed E-state index contributed by atoms with van der Waals surface area (Å²) >= 11 is 0. The fourth-order valence-corrected chi connectivity index (χ4v) is 7.38. The number of furan rings is 1. The van der Waals surface area contributed by atoms with Crippen LogP contribution in [0.15, 0.2) is 47.1 Å². The first kappa shape index (κ1) is 63.5. The number of rotatable bonds is 31. The van der Waals surface area contributed by atoms with Crippen LogP contribution in [0.4, 0.5) is 0 Å². The van der Waals surface area contributed by atoms with Crippen LogP contribution in [-0.4, -0.2) is 147 Å². The lowest BCUT2D eigenvalue weighted by atomic mass is 10.00. The van der Waals surface area contributed by atoms with Gasteiger partial charge in [-0.1, -0.05) is 53.7 Å². The first-order valence-electron chi connectivity index (χ1n) is 24.4. The molecule has 11 amide bonds. The highest BCUT2D eigenvalue weighted by Crippen LogP contribution is 2.14. The number of nitrogens with two attached hydrogens (primary N) is 2. The van der Waals surface area contributed by atoms with E-state index in [1.807, 2.05) is 13.8 Å². The zero-order chi connectivity index (χ0) is 56.9. The van der Waals surface area contributed by atoms with Crippen LogP contribution in [0.2, 0.25) is 0 Å². The van der Waals surface area contributed by atoms with Gasteiger partial charge in [-0.05, 0) is 74.3 Å². The number of aliphatic hydroxyl groups excluding tert-OH is 2. The molecule has 75 heavy (non-hydrogen) atoms. The van der Waals surface area contributed by atoms with E-state index >= 15 is 0 Å². The number of phenolic OH excluding ortho intramolecular Hbond substituents is 1. The maximum absolute atomic E-state index is 14.1. The zero-order valence-corrected chi connectivity index (χ0v) is 43.7. The van der Waals surface area contributed by atoms with Gasteiger partial charge in [0, 0.05) is 19.8 Å². The third-order valence-electron chi connectivity index (χ3n) is 11.3. The minimum absolute atomic E-state index is 0.0140. The summed E-state index contributed by atoms with van der Waals surface area (Å²) < 4.78 is 5.37. The first-order chi connectivity index (χ1) is 35.0. The van der Waals surface area contributed by atoms with Crippen LogP contribution < -0.4 is 59.3 Å². The Morgan fingerprint density at radius 3 is 1.49 bits per heavy atom. The molecule has 0 saturated carbocycles. The molecular weight excluding hydrogens is 983 g/mol. The molecule has 0 radical (unpaired) electrons. The lowest BCUT2D eigenvalue weighted by Gasteiger charge is -2.29. The minimum Gasteiger partial charge on any atom is -0.508 e. The number of amides is 11. The minimum atomic E-state index is -1.85. The number of hydrogen-bond donors (Lipinski definition) is 14. The van der Waals surface area contributed by atoms with Gasteiger partial charge in [0.25, 0.3) is 0 Å². The van der Waals surface area contributed by atoms with Gasteiger partial charge in [-0.25, -0.2) is 0 Å². The Morgan fingerprint density at radius 2 is 1.00 bits per heavy atom. The molecule has 2 aromatic rings. The summed E-state index contributed by atoms with van der Waals surface area (Å²) in [5, 5.41) is 52.3. The number of phenols is 1. The number of nitrogens with one attached hydrogen (secondary N) is 9. The summed E-state index contributed by atoms with van der Waals surface area (Å²) in [6, 6.07) is -4.51. The molecule has 1 aromatic heterocycles. The summed E-state index contributed by atoms with van der Waals surface area (Å²) in [5.74, 6) is -11.0. The van der Waals surface area contributed by atoms with Crippen molar-refractivity contribution in [1.82, 2.24) is 47.9 Å². The number of hydrogen-bond acceptors (Lipinski definition) is 15. The molecule has 26 heteroatoms. The molecule has 2 rings (SSSR count). The van der Waals surface area contributed by atoms with Gasteiger partial charge in [-0.2, -0.15) is 0 Å². The van der Waals surface area contributed by atoms with Crippen molar-refractivity contribution in [3.8, 4) is 5.75 Å². The maximum atomic E-state index is 14.1. The molecule has 0 saturated heterocycles. The molecule has 0 unspecified atom stereocenters. The molecule has 0 aliphatic carbocycles. The molecule has 0 spiro atoms. The van der Waals surface area contributed by atoms with Gasteiger partial charge in [-0.15, -0.1) is 0 Å². The van der Waals surface area contributed by atoms with Crippen molar-refractivity contribution < 1.29 is 72.5 Å². The predicted molar refractivity (Wildman–Crippen MR) is 268 cm³/mol. The number of primary amides is 2. The van der Waals surface area contributed by atoms with Gasteiger partial charge >= 0.3 is 0 Å². The number of carbonyl (C=O) groups excluding carboxylic acids is 11. The molecule has 1 heterocycles. The molecule has 0 aliphatic heterocycles. The van der Waals surface area contributed by atoms with Crippen molar-refractivity contribution >= 4 is 65.0 Å². The largest absolute Gasteiger partial charge is 0.508 e. The summed E-state index contributed by atoms with van der Waals surface area (Å²) in [5.41, 5.74) is 11.4. The van der Waals surface area contributed by atoms with E-state index in [1.165, 1.54) is 37.5 Å². The second kappa shape index (κ2) is 30.6. The lowest BCUT2D eigenvalue weighted by Crippen LogP contribution is -2.63. The molecule has 0 bridgehead atoms. The van der Waals surface area contributed by atoms with E-state index in [1.54, 1.807) is 39.8 Å². The summed E-state index contributed by atoms with van der Waals surface area (Å²) in [7, 11) is 0. The molecule has 0 fully saturated rings. The number of aliphatic hydroxyl groups is 2. The Labute approximate surface area is 434 Å². The van der Waals surface area contributed by atoms with E-state index in [-0.39, 0.29) is 43.3 Å². The Balaban J connectivity index is 2.35. The Hall–Kier alpha value is -7.61. The fourth-order valence-electron chi connectivity index (χ4n) is 7.38. The summed E-state index contributed by atoms with van der Waals surface area (Å²) in [6.45, 7) is 13.0. The monoisotopic (exact) mass is 1060 g/mol. The first-order valence-corrected chi connectivity index (χ1v) is 24.4. The predicted octanol–water partition coefficient (Wildman–Crippen LogP) is -3.34. The fraction of sp³-hybridized carbons (Fsp3) is 0.571. The van der Waals surface area contributed by atoms with E-state index in [0.29, 0.717) is 11.3 Å². The van der Waals surface area contributed by atoms with E-state index in [4.69, 9.17) is 15.9 Å². The Morgan fingerprint density at radius 1 is 0.533 bits per heavy atom. The third-order valence-corrected chi connectivity index (χ3v) is 11.3. The normalized spacial score (nSPS) is 15.2. The van der Waals surface area contributed by atoms with E-state index in [9.17, 15) is 68.1 Å². The van der Waals surface area contributed by atoms with Crippen LogP contribution in [0.3, 0.4) is 0 Å². The molecule has 416 valence electrons. The van der Waals surface area contributed by atoms with Crippen LogP contribution in [0, 0.1) is 17.8 Å². The van der Waals surface area contributed by atoms with E-state index < -0.39 is 144 Å². The van der Waals surface area contributed by atoms with Gasteiger partial charge in [0.2, 0.25) is 65.0 Å². The highest BCUT2D eigenvalue weighted by atomic mass is 16.3. The molecule has 1 aromatic carbocycles. The SMILES string of the molecule is CC(=O)N[C@@H](CO)C(=O)N[C@@H](CC(C)C)C(=O)N[C@@H](Cc1ccc(O)cc1)C(=O)N[C@@H](CC(N)=O)C(=O)N[C@H](C(=O)N[C@H](C(=O)N[C@@H](C)C(=O)N[C@@H](Cc1ccco1)C(=O)N[C@@H](CC(C)C)C(N)=O)C(C)C)[C@@H](C)O. The molecular formula is C49H75N11O15. The van der Waals surface area contributed by atoms with Crippen LogP contribution in [0.25, 0.3) is 0 Å². The molecule has 0 aliphatic rings. The second-order valence-electron chi connectivity index (χ2n) is 19.4. The zero-order valence-electron chi connectivity index (χ0n) is 43.7. The maximum Gasteiger partial charge on any atom is 0.245 e. The van der Waals surface area contributed by atoms with Crippen LogP contribution in [0.5, 0.6) is 5.75 Å². The van der Waals surface area contributed by atoms with Crippen molar-refractivity contribution in [2.24, 2.45) is 29.2 Å². The van der Waals surface area contributed by atoms with Crippen molar-refractivity contribution in [2.45, 2.75) is 155 Å².